The molecule has 3 aliphatic heterocycles. The van der Waals surface area contributed by atoms with E-state index in [2.05, 4.69) is 54.0 Å². The van der Waals surface area contributed by atoms with Crippen molar-refractivity contribution in [2.75, 3.05) is 12.4 Å². The number of carbonyl (C=O) groups excluding carboxylic acids is 1. The molecule has 1 unspecified atom stereocenters. The molecule has 2 aromatic rings. The van der Waals surface area contributed by atoms with E-state index in [-0.39, 0.29) is 35.3 Å². The molecule has 6 rings (SSSR count). The standard InChI is InChI=1S/C31H41N5O4/c1-28(2)12-10-18(11-13-28)23-22(36-27(37)26-33-17-20(34-26)16-32-7)9-8-21(35-23)19-14-30(5)24-25(31(6,15-19)40-30)39-29(3,4)38-24/h8-10,16-17,19,24-25H,11-15H2,1-7H3,(H,33,34)(H,36,37)/t19?,24-,25+,30+,31-. The Morgan fingerprint density at radius 1 is 1.10 bits per heavy atom. The summed E-state index contributed by atoms with van der Waals surface area (Å²) in [7, 11) is 1.68. The van der Waals surface area contributed by atoms with Crippen molar-refractivity contribution in [1.82, 2.24) is 15.0 Å². The van der Waals surface area contributed by atoms with Crippen molar-refractivity contribution >= 4 is 23.4 Å². The largest absolute Gasteiger partial charge is 0.363 e. The topological polar surface area (TPSA) is 111 Å². The first kappa shape index (κ1) is 27.3. The summed E-state index contributed by atoms with van der Waals surface area (Å²) < 4.78 is 19.3. The summed E-state index contributed by atoms with van der Waals surface area (Å²) in [6.45, 7) is 12.8. The third-order valence-electron chi connectivity index (χ3n) is 9.01. The predicted octanol–water partition coefficient (Wildman–Crippen LogP) is 5.64. The number of hydrogen-bond acceptors (Lipinski definition) is 7. The van der Waals surface area contributed by atoms with Gasteiger partial charge in [-0.15, -0.1) is 0 Å². The Balaban J connectivity index is 1.32. The fourth-order valence-electron chi connectivity index (χ4n) is 7.05. The van der Waals surface area contributed by atoms with Gasteiger partial charge < -0.3 is 24.5 Å². The van der Waals surface area contributed by atoms with Crippen molar-refractivity contribution in [2.45, 2.75) is 109 Å². The highest BCUT2D eigenvalue weighted by atomic mass is 16.8. The van der Waals surface area contributed by atoms with E-state index in [1.165, 1.54) is 5.57 Å². The van der Waals surface area contributed by atoms with Crippen molar-refractivity contribution in [3.63, 3.8) is 0 Å². The van der Waals surface area contributed by atoms with Gasteiger partial charge in [0.15, 0.2) is 11.6 Å². The van der Waals surface area contributed by atoms with E-state index in [4.69, 9.17) is 19.2 Å². The van der Waals surface area contributed by atoms with Crippen LogP contribution in [0.5, 0.6) is 0 Å². The highest BCUT2D eigenvalue weighted by Gasteiger charge is 2.68. The van der Waals surface area contributed by atoms with E-state index in [0.29, 0.717) is 11.4 Å². The number of H-pyrrole nitrogens is 1. The molecule has 0 saturated carbocycles. The summed E-state index contributed by atoms with van der Waals surface area (Å²) in [5.74, 6) is -0.508. The third kappa shape index (κ3) is 4.82. The minimum Gasteiger partial charge on any atom is -0.363 e. The zero-order chi connectivity index (χ0) is 28.5. The van der Waals surface area contributed by atoms with Crippen LogP contribution in [0, 0.1) is 5.41 Å². The number of allylic oxidation sites excluding steroid dienone is 2. The Hall–Kier alpha value is -2.88. The number of pyridine rings is 1. The van der Waals surface area contributed by atoms with Crippen molar-refractivity contribution in [1.29, 1.82) is 0 Å². The molecule has 2 bridgehead atoms. The maximum absolute atomic E-state index is 13.2. The SMILES string of the molecule is CN=Cc1cnc(C(=O)Nc2ccc(C3C[C@@]4(C)O[C@@](C)(C3)[C@@H]3OC(C)(C)O[C@@H]34)nc2C2=CCC(C)(C)CC2)[nH]1. The summed E-state index contributed by atoms with van der Waals surface area (Å²) in [4.78, 5) is 29.6. The van der Waals surface area contributed by atoms with E-state index in [1.807, 2.05) is 26.0 Å². The number of hydrogen-bond donors (Lipinski definition) is 2. The first-order chi connectivity index (χ1) is 18.8. The molecule has 9 nitrogen and oxygen atoms in total. The van der Waals surface area contributed by atoms with Crippen LogP contribution in [-0.2, 0) is 14.2 Å². The first-order valence-electron chi connectivity index (χ1n) is 14.3. The Morgan fingerprint density at radius 2 is 1.80 bits per heavy atom. The molecule has 4 aliphatic rings. The number of amides is 1. The van der Waals surface area contributed by atoms with Crippen LogP contribution in [0.2, 0.25) is 0 Å². The van der Waals surface area contributed by atoms with Crippen LogP contribution in [0.25, 0.3) is 5.57 Å². The number of imidazole rings is 1. The van der Waals surface area contributed by atoms with E-state index >= 15 is 0 Å². The molecule has 0 spiro atoms. The van der Waals surface area contributed by atoms with Crippen LogP contribution in [0.1, 0.15) is 107 Å². The zero-order valence-corrected chi connectivity index (χ0v) is 24.6. The number of aromatic amines is 1. The number of aromatic nitrogens is 3. The molecule has 40 heavy (non-hydrogen) atoms. The van der Waals surface area contributed by atoms with E-state index < -0.39 is 17.0 Å². The smallest absolute Gasteiger partial charge is 0.291 e. The van der Waals surface area contributed by atoms with Gasteiger partial charge in [-0.25, -0.2) is 4.98 Å². The quantitative estimate of drug-likeness (QED) is 0.469. The second kappa shape index (κ2) is 9.33. The van der Waals surface area contributed by atoms with Crippen molar-refractivity contribution in [3.8, 4) is 0 Å². The van der Waals surface area contributed by atoms with Crippen LogP contribution < -0.4 is 5.32 Å². The number of aliphatic imine (C=N–C) groups is 1. The Morgan fingerprint density at radius 3 is 2.42 bits per heavy atom. The predicted molar refractivity (Wildman–Crippen MR) is 154 cm³/mol. The van der Waals surface area contributed by atoms with Gasteiger partial charge in [0, 0.05) is 24.9 Å². The molecular weight excluding hydrogens is 506 g/mol. The molecule has 5 heterocycles. The number of carbonyl (C=O) groups is 1. The van der Waals surface area contributed by atoms with Crippen molar-refractivity contribution in [3.05, 3.63) is 47.3 Å². The number of anilines is 1. The highest BCUT2D eigenvalue weighted by molar-refractivity contribution is 6.03. The lowest BCUT2D eigenvalue weighted by molar-refractivity contribution is -0.242. The van der Waals surface area contributed by atoms with Crippen LogP contribution in [0.4, 0.5) is 5.69 Å². The summed E-state index contributed by atoms with van der Waals surface area (Å²) >= 11 is 0. The molecule has 1 aliphatic carbocycles. The van der Waals surface area contributed by atoms with Crippen LogP contribution >= 0.6 is 0 Å². The van der Waals surface area contributed by atoms with Crippen LogP contribution in [0.3, 0.4) is 0 Å². The highest BCUT2D eigenvalue weighted by Crippen LogP contribution is 2.58. The average molecular weight is 548 g/mol. The fourth-order valence-corrected chi connectivity index (χ4v) is 7.05. The van der Waals surface area contributed by atoms with Crippen LogP contribution in [0.15, 0.2) is 29.4 Å². The molecule has 3 fully saturated rings. The van der Waals surface area contributed by atoms with Gasteiger partial charge >= 0.3 is 0 Å². The second-order valence-corrected chi connectivity index (χ2v) is 13.6. The molecular formula is C31H41N5O4. The summed E-state index contributed by atoms with van der Waals surface area (Å²) in [6, 6.07) is 4.04. The van der Waals surface area contributed by atoms with Gasteiger partial charge in [0.1, 0.15) is 12.2 Å². The number of nitrogens with zero attached hydrogens (tertiary/aromatic N) is 3. The third-order valence-corrected chi connectivity index (χ3v) is 9.01. The minimum absolute atomic E-state index is 0.116. The van der Waals surface area contributed by atoms with Gasteiger partial charge in [0.05, 0.1) is 34.5 Å². The van der Waals surface area contributed by atoms with E-state index in [1.54, 1.807) is 19.5 Å². The molecule has 2 aromatic heterocycles. The van der Waals surface area contributed by atoms with Gasteiger partial charge in [-0.2, -0.15) is 0 Å². The molecule has 1 amide bonds. The van der Waals surface area contributed by atoms with E-state index in [9.17, 15) is 4.79 Å². The zero-order valence-electron chi connectivity index (χ0n) is 24.6. The van der Waals surface area contributed by atoms with Gasteiger partial charge in [0.2, 0.25) is 0 Å². The summed E-state index contributed by atoms with van der Waals surface area (Å²) in [5, 5.41) is 3.07. The van der Waals surface area contributed by atoms with Gasteiger partial charge in [0.25, 0.3) is 5.91 Å². The number of nitrogens with one attached hydrogen (secondary N) is 2. The molecule has 3 saturated heterocycles. The summed E-state index contributed by atoms with van der Waals surface area (Å²) in [5.41, 5.74) is 3.73. The maximum Gasteiger partial charge on any atom is 0.291 e. The maximum atomic E-state index is 13.2. The Bertz CT molecular complexity index is 1370. The average Bonchev–Trinajstić information content (AvgIpc) is 3.52. The monoisotopic (exact) mass is 547 g/mol. The molecule has 214 valence electrons. The van der Waals surface area contributed by atoms with Gasteiger partial charge in [-0.05, 0) is 82.9 Å². The molecule has 0 radical (unpaired) electrons. The molecule has 5 atom stereocenters. The second-order valence-electron chi connectivity index (χ2n) is 13.6. The molecule has 0 aromatic carbocycles. The fraction of sp³-hybridized carbons (Fsp3) is 0.613. The number of fused-ring (bicyclic) bond motifs is 5. The normalized spacial score (nSPS) is 34.1. The Labute approximate surface area is 236 Å². The lowest BCUT2D eigenvalue weighted by atomic mass is 9.77. The van der Waals surface area contributed by atoms with Gasteiger partial charge in [-0.1, -0.05) is 19.9 Å². The number of rotatable bonds is 5. The minimum atomic E-state index is -0.612. The molecule has 9 heteroatoms. The van der Waals surface area contributed by atoms with Crippen molar-refractivity contribution in [2.24, 2.45) is 10.4 Å². The van der Waals surface area contributed by atoms with Crippen molar-refractivity contribution < 1.29 is 19.0 Å². The number of ether oxygens (including phenoxy) is 3. The Kier molecular flexibility index (Phi) is 6.36. The summed E-state index contributed by atoms with van der Waals surface area (Å²) in [6.07, 6.45) is 9.83. The lowest BCUT2D eigenvalue weighted by Crippen LogP contribution is -2.46. The lowest BCUT2D eigenvalue weighted by Gasteiger charge is -2.43. The van der Waals surface area contributed by atoms with Gasteiger partial charge in [-0.3, -0.25) is 14.8 Å². The first-order valence-corrected chi connectivity index (χ1v) is 14.3. The molecule has 2 N–H and O–H groups in total. The van der Waals surface area contributed by atoms with E-state index in [0.717, 1.165) is 43.5 Å². The van der Waals surface area contributed by atoms with Crippen LogP contribution in [-0.4, -0.2) is 63.3 Å².